The molecule has 0 amide bonds. The Morgan fingerprint density at radius 3 is 2.57 bits per heavy atom. The van der Waals surface area contributed by atoms with Crippen molar-refractivity contribution in [2.45, 2.75) is 45.6 Å². The summed E-state index contributed by atoms with van der Waals surface area (Å²) in [5, 5.41) is 4.92. The van der Waals surface area contributed by atoms with E-state index in [1.807, 2.05) is 29.8 Å². The summed E-state index contributed by atoms with van der Waals surface area (Å²) in [6.07, 6.45) is 6.14. The van der Waals surface area contributed by atoms with Gasteiger partial charge in [0, 0.05) is 30.8 Å². The molecular weight excluding hydrogens is 460 g/mol. The van der Waals surface area contributed by atoms with E-state index in [1.165, 1.54) is 12.0 Å². The molecule has 5 rings (SSSR count). The maximum absolute atomic E-state index is 5.71. The summed E-state index contributed by atoms with van der Waals surface area (Å²) in [6.45, 7) is 8.25. The van der Waals surface area contributed by atoms with Crippen LogP contribution in [0.5, 0.6) is 5.75 Å². The van der Waals surface area contributed by atoms with Gasteiger partial charge in [-0.05, 0) is 57.4 Å². The van der Waals surface area contributed by atoms with Gasteiger partial charge in [0.05, 0.1) is 30.9 Å². The molecule has 8 heteroatoms. The second kappa shape index (κ2) is 10.5. The van der Waals surface area contributed by atoms with Crippen molar-refractivity contribution >= 4 is 18.4 Å². The molecule has 0 aliphatic carbocycles. The normalized spacial score (nSPS) is 15.8. The van der Waals surface area contributed by atoms with Gasteiger partial charge in [-0.1, -0.05) is 30.3 Å². The van der Waals surface area contributed by atoms with E-state index in [2.05, 4.69) is 64.8 Å². The third-order valence-electron chi connectivity index (χ3n) is 6.51. The van der Waals surface area contributed by atoms with Gasteiger partial charge in [-0.25, -0.2) is 9.67 Å². The van der Waals surface area contributed by atoms with Crippen LogP contribution in [0.15, 0.2) is 61.1 Å². The van der Waals surface area contributed by atoms with Crippen molar-refractivity contribution < 1.29 is 4.74 Å². The van der Waals surface area contributed by atoms with Gasteiger partial charge in [0.15, 0.2) is 5.82 Å². The van der Waals surface area contributed by atoms with E-state index >= 15 is 0 Å². The molecule has 2 aromatic carbocycles. The summed E-state index contributed by atoms with van der Waals surface area (Å²) in [7, 11) is 1.69. The van der Waals surface area contributed by atoms with Crippen molar-refractivity contribution in [3.63, 3.8) is 0 Å². The van der Waals surface area contributed by atoms with Crippen LogP contribution in [0.2, 0.25) is 0 Å². The number of halogens is 1. The molecule has 1 unspecified atom stereocenters. The van der Waals surface area contributed by atoms with Crippen LogP contribution in [0.3, 0.4) is 0 Å². The van der Waals surface area contributed by atoms with Crippen molar-refractivity contribution in [3.05, 3.63) is 72.3 Å². The van der Waals surface area contributed by atoms with Crippen LogP contribution in [-0.2, 0) is 0 Å². The van der Waals surface area contributed by atoms with Crippen LogP contribution in [0.25, 0.3) is 17.1 Å². The highest BCUT2D eigenvalue weighted by molar-refractivity contribution is 5.85. The second-order valence-electron chi connectivity index (χ2n) is 9.28. The average Bonchev–Trinajstić information content (AvgIpc) is 3.51. The molecule has 0 radical (unpaired) electrons. The smallest absolute Gasteiger partial charge is 0.224 e. The zero-order valence-electron chi connectivity index (χ0n) is 20.8. The lowest BCUT2D eigenvalue weighted by atomic mass is 9.91. The zero-order chi connectivity index (χ0) is 23.7. The fourth-order valence-electron chi connectivity index (χ4n) is 4.74. The lowest BCUT2D eigenvalue weighted by molar-refractivity contribution is 0.413. The fourth-order valence-corrected chi connectivity index (χ4v) is 4.74. The number of aromatic nitrogens is 5. The quantitative estimate of drug-likeness (QED) is 0.338. The maximum Gasteiger partial charge on any atom is 0.224 e. The van der Waals surface area contributed by atoms with Gasteiger partial charge in [0.2, 0.25) is 5.95 Å². The van der Waals surface area contributed by atoms with Crippen LogP contribution in [0.1, 0.15) is 49.9 Å². The number of benzene rings is 2. The topological polar surface area (TPSA) is 61.0 Å². The minimum absolute atomic E-state index is 0. The van der Waals surface area contributed by atoms with Gasteiger partial charge < -0.3 is 14.2 Å². The van der Waals surface area contributed by atoms with E-state index in [0.717, 1.165) is 54.0 Å². The largest absolute Gasteiger partial charge is 0.495 e. The molecular formula is C27H33ClN6O. The Balaban J connectivity index is 0.00000289. The molecule has 1 fully saturated rings. The third kappa shape index (κ3) is 5.05. The van der Waals surface area contributed by atoms with Crippen molar-refractivity contribution in [2.75, 3.05) is 25.1 Å². The van der Waals surface area contributed by atoms with Gasteiger partial charge in [-0.2, -0.15) is 4.98 Å². The first kappa shape index (κ1) is 24.8. The van der Waals surface area contributed by atoms with Crippen molar-refractivity contribution in [2.24, 2.45) is 0 Å². The van der Waals surface area contributed by atoms with Crippen LogP contribution in [0.4, 0.5) is 5.95 Å². The standard InChI is InChI=1S/C27H32N6O.ClH/c1-19(2)33-27(31-14-8-11-23(17-31)21-9-6-5-7-10-21)29-26(30-33)22-12-13-24(25(15-22)34-4)32-16-20(3)28-18-32;/h5-7,9-10,12-13,15-16,18-19,23H,8,11,14,17H2,1-4H3;1H. The van der Waals surface area contributed by atoms with Gasteiger partial charge in [-0.3, -0.25) is 0 Å². The number of anilines is 1. The van der Waals surface area contributed by atoms with E-state index in [9.17, 15) is 0 Å². The Hall–Kier alpha value is -3.32. The highest BCUT2D eigenvalue weighted by Crippen LogP contribution is 2.33. The molecule has 1 atom stereocenters. The molecule has 0 saturated carbocycles. The van der Waals surface area contributed by atoms with Crippen LogP contribution in [0, 0.1) is 6.92 Å². The number of aryl methyl sites for hydroxylation is 1. The number of imidazole rings is 1. The summed E-state index contributed by atoms with van der Waals surface area (Å²) in [4.78, 5) is 11.8. The molecule has 1 aliphatic heterocycles. The lowest BCUT2D eigenvalue weighted by Crippen LogP contribution is -2.36. The molecule has 3 heterocycles. The Morgan fingerprint density at radius 1 is 1.09 bits per heavy atom. The highest BCUT2D eigenvalue weighted by atomic mass is 35.5. The van der Waals surface area contributed by atoms with Crippen molar-refractivity contribution in [1.29, 1.82) is 0 Å². The van der Waals surface area contributed by atoms with Gasteiger partial charge in [0.1, 0.15) is 5.75 Å². The molecule has 2 aromatic heterocycles. The van der Waals surface area contributed by atoms with Gasteiger partial charge in [0.25, 0.3) is 0 Å². The summed E-state index contributed by atoms with van der Waals surface area (Å²) < 4.78 is 9.74. The number of nitrogens with zero attached hydrogens (tertiary/aromatic N) is 6. The average molecular weight is 493 g/mol. The third-order valence-corrected chi connectivity index (χ3v) is 6.51. The molecule has 35 heavy (non-hydrogen) atoms. The number of ether oxygens (including phenoxy) is 1. The molecule has 0 N–H and O–H groups in total. The van der Waals surface area contributed by atoms with E-state index in [0.29, 0.717) is 5.92 Å². The Bertz CT molecular complexity index is 1270. The summed E-state index contributed by atoms with van der Waals surface area (Å²) in [6, 6.07) is 17.1. The predicted molar refractivity (Wildman–Crippen MR) is 142 cm³/mol. The predicted octanol–water partition coefficient (Wildman–Crippen LogP) is 5.83. The molecule has 0 bridgehead atoms. The van der Waals surface area contributed by atoms with Crippen LogP contribution >= 0.6 is 12.4 Å². The molecule has 4 aromatic rings. The number of hydrogen-bond donors (Lipinski definition) is 0. The number of methoxy groups -OCH3 is 1. The first-order chi connectivity index (χ1) is 16.5. The summed E-state index contributed by atoms with van der Waals surface area (Å²) in [5.41, 5.74) is 4.24. The molecule has 184 valence electrons. The molecule has 7 nitrogen and oxygen atoms in total. The van der Waals surface area contributed by atoms with E-state index in [4.69, 9.17) is 14.8 Å². The Morgan fingerprint density at radius 2 is 1.89 bits per heavy atom. The molecule has 1 saturated heterocycles. The van der Waals surface area contributed by atoms with Gasteiger partial charge in [-0.15, -0.1) is 17.5 Å². The monoisotopic (exact) mass is 492 g/mol. The van der Waals surface area contributed by atoms with Gasteiger partial charge >= 0.3 is 0 Å². The Labute approximate surface area is 213 Å². The van der Waals surface area contributed by atoms with E-state index < -0.39 is 0 Å². The summed E-state index contributed by atoms with van der Waals surface area (Å²) >= 11 is 0. The first-order valence-electron chi connectivity index (χ1n) is 12.0. The number of piperidine rings is 1. The minimum Gasteiger partial charge on any atom is -0.495 e. The second-order valence-corrected chi connectivity index (χ2v) is 9.28. The highest BCUT2D eigenvalue weighted by Gasteiger charge is 2.26. The van der Waals surface area contributed by atoms with E-state index in [-0.39, 0.29) is 18.4 Å². The minimum atomic E-state index is 0. The van der Waals surface area contributed by atoms with Crippen LogP contribution in [-0.4, -0.2) is 44.5 Å². The molecule has 0 spiro atoms. The SMILES string of the molecule is COc1cc(-c2nc(N3CCCC(c4ccccc4)C3)n(C(C)C)n2)ccc1-n1cnc(C)c1.Cl. The lowest BCUT2D eigenvalue weighted by Gasteiger charge is -2.34. The van der Waals surface area contributed by atoms with Crippen LogP contribution < -0.4 is 9.64 Å². The van der Waals surface area contributed by atoms with E-state index in [1.54, 1.807) is 13.4 Å². The Kier molecular flexibility index (Phi) is 7.45. The zero-order valence-corrected chi connectivity index (χ0v) is 21.6. The van der Waals surface area contributed by atoms with Crippen molar-refractivity contribution in [3.8, 4) is 22.8 Å². The molecule has 1 aliphatic rings. The van der Waals surface area contributed by atoms with Crippen molar-refractivity contribution in [1.82, 2.24) is 24.3 Å². The number of rotatable bonds is 6. The first-order valence-corrected chi connectivity index (χ1v) is 12.0. The summed E-state index contributed by atoms with van der Waals surface area (Å²) in [5.74, 6) is 2.93. The fraction of sp³-hybridized carbons (Fsp3) is 0.370. The number of hydrogen-bond acceptors (Lipinski definition) is 5. The maximum atomic E-state index is 5.71.